The maximum absolute atomic E-state index is 12.1. The Labute approximate surface area is 103 Å². The second-order valence-electron chi connectivity index (χ2n) is 3.93. The van der Waals surface area contributed by atoms with Gasteiger partial charge in [-0.05, 0) is 12.8 Å². The van der Waals surface area contributed by atoms with Crippen LogP contribution in [0.4, 0.5) is 4.79 Å². The van der Waals surface area contributed by atoms with E-state index in [9.17, 15) is 9.59 Å². The lowest BCUT2D eigenvalue weighted by Crippen LogP contribution is -2.47. The van der Waals surface area contributed by atoms with Crippen molar-refractivity contribution in [3.05, 3.63) is 12.7 Å². The molecule has 0 aliphatic carbocycles. The molecule has 0 saturated carbocycles. The van der Waals surface area contributed by atoms with Crippen molar-refractivity contribution in [1.29, 1.82) is 0 Å². The van der Waals surface area contributed by atoms with Crippen LogP contribution < -0.4 is 0 Å². The highest BCUT2D eigenvalue weighted by Crippen LogP contribution is 2.09. The van der Waals surface area contributed by atoms with Crippen molar-refractivity contribution < 1.29 is 14.7 Å². The molecule has 0 atom stereocenters. The number of carbonyl (C=O) groups excluding carboxylic acids is 1. The molecular formula is C12H22N2O3. The highest BCUT2D eigenvalue weighted by atomic mass is 16.4. The Kier molecular flexibility index (Phi) is 7.02. The molecule has 0 unspecified atom stereocenters. The van der Waals surface area contributed by atoms with Gasteiger partial charge in [0.05, 0.1) is 0 Å². The minimum absolute atomic E-state index is 0.142. The van der Waals surface area contributed by atoms with Crippen molar-refractivity contribution in [2.45, 2.75) is 32.7 Å². The summed E-state index contributed by atoms with van der Waals surface area (Å²) in [4.78, 5) is 25.6. The van der Waals surface area contributed by atoms with Crippen LogP contribution in [0, 0.1) is 0 Å². The first kappa shape index (κ1) is 15.5. The average Bonchev–Trinajstić information content (AvgIpc) is 2.28. The van der Waals surface area contributed by atoms with Crippen molar-refractivity contribution >= 4 is 12.0 Å². The largest absolute Gasteiger partial charge is 0.480 e. The van der Waals surface area contributed by atoms with Crippen LogP contribution in [0.1, 0.15) is 26.7 Å². The van der Waals surface area contributed by atoms with E-state index >= 15 is 0 Å². The van der Waals surface area contributed by atoms with E-state index in [2.05, 4.69) is 6.58 Å². The van der Waals surface area contributed by atoms with Gasteiger partial charge in [-0.2, -0.15) is 0 Å². The van der Waals surface area contributed by atoms with Gasteiger partial charge in [-0.15, -0.1) is 6.58 Å². The summed E-state index contributed by atoms with van der Waals surface area (Å²) >= 11 is 0. The van der Waals surface area contributed by atoms with Gasteiger partial charge in [0, 0.05) is 19.6 Å². The first-order valence-electron chi connectivity index (χ1n) is 5.82. The molecule has 0 fully saturated rings. The standard InChI is InChI=1S/C12H22N2O3/c1-5-8-14(9-11(15)16)12(17)13(4)10(6-2)7-3/h5,10H,1,6-9H2,2-4H3,(H,15,16). The van der Waals surface area contributed by atoms with E-state index in [0.29, 0.717) is 0 Å². The van der Waals surface area contributed by atoms with Gasteiger partial charge >= 0.3 is 12.0 Å². The van der Waals surface area contributed by atoms with Gasteiger partial charge in [0.2, 0.25) is 0 Å². The molecule has 0 aliphatic heterocycles. The molecule has 2 amide bonds. The van der Waals surface area contributed by atoms with Crippen molar-refractivity contribution in [2.75, 3.05) is 20.1 Å². The van der Waals surface area contributed by atoms with Gasteiger partial charge in [-0.3, -0.25) is 4.79 Å². The molecule has 0 aliphatic rings. The average molecular weight is 242 g/mol. The van der Waals surface area contributed by atoms with Gasteiger partial charge in [0.1, 0.15) is 6.54 Å². The molecule has 5 heteroatoms. The first-order chi connectivity index (χ1) is 7.97. The van der Waals surface area contributed by atoms with Crippen molar-refractivity contribution in [3.63, 3.8) is 0 Å². The highest BCUT2D eigenvalue weighted by molar-refractivity contribution is 5.80. The van der Waals surface area contributed by atoms with Crippen molar-refractivity contribution in [3.8, 4) is 0 Å². The second-order valence-corrected chi connectivity index (χ2v) is 3.93. The number of hydrogen-bond acceptors (Lipinski definition) is 2. The van der Waals surface area contributed by atoms with Crippen LogP contribution in [0.5, 0.6) is 0 Å². The molecular weight excluding hydrogens is 220 g/mol. The number of carbonyl (C=O) groups is 2. The number of amides is 2. The molecule has 0 spiro atoms. The van der Waals surface area contributed by atoms with E-state index in [4.69, 9.17) is 5.11 Å². The van der Waals surface area contributed by atoms with Crippen LogP contribution >= 0.6 is 0 Å². The quantitative estimate of drug-likeness (QED) is 0.692. The second kappa shape index (κ2) is 7.70. The van der Waals surface area contributed by atoms with Crippen LogP contribution in [0.15, 0.2) is 12.7 Å². The molecule has 0 aromatic heterocycles. The topological polar surface area (TPSA) is 60.9 Å². The van der Waals surface area contributed by atoms with E-state index in [1.165, 1.54) is 11.0 Å². The number of hydrogen-bond donors (Lipinski definition) is 1. The molecule has 0 heterocycles. The van der Waals surface area contributed by atoms with Crippen molar-refractivity contribution in [2.24, 2.45) is 0 Å². The Morgan fingerprint density at radius 3 is 2.24 bits per heavy atom. The molecule has 0 saturated heterocycles. The van der Waals surface area contributed by atoms with Gasteiger partial charge in [0.15, 0.2) is 0 Å². The fourth-order valence-electron chi connectivity index (χ4n) is 1.75. The fraction of sp³-hybridized carbons (Fsp3) is 0.667. The van der Waals surface area contributed by atoms with Crippen LogP contribution in [0.2, 0.25) is 0 Å². The zero-order valence-corrected chi connectivity index (χ0v) is 10.8. The normalized spacial score (nSPS) is 10.1. The smallest absolute Gasteiger partial charge is 0.323 e. The number of carboxylic acid groups (broad SMARTS) is 1. The van der Waals surface area contributed by atoms with E-state index in [0.717, 1.165) is 12.8 Å². The minimum atomic E-state index is -1.02. The third-order valence-corrected chi connectivity index (χ3v) is 2.74. The number of nitrogens with zero attached hydrogens (tertiary/aromatic N) is 2. The summed E-state index contributed by atoms with van der Waals surface area (Å²) < 4.78 is 0. The highest BCUT2D eigenvalue weighted by Gasteiger charge is 2.23. The summed E-state index contributed by atoms with van der Waals surface area (Å²) in [6, 6.07) is -0.121. The third-order valence-electron chi connectivity index (χ3n) is 2.74. The van der Waals surface area contributed by atoms with E-state index in [1.807, 2.05) is 13.8 Å². The van der Waals surface area contributed by atoms with Crippen LogP contribution in [-0.4, -0.2) is 53.1 Å². The Hall–Kier alpha value is -1.52. The van der Waals surface area contributed by atoms with Crippen LogP contribution in [0.3, 0.4) is 0 Å². The summed E-state index contributed by atoms with van der Waals surface area (Å²) in [5, 5.41) is 8.75. The third kappa shape index (κ3) is 4.89. The number of urea groups is 1. The molecule has 0 bridgehead atoms. The summed E-state index contributed by atoms with van der Waals surface area (Å²) in [7, 11) is 1.71. The van der Waals surface area contributed by atoms with Crippen LogP contribution in [0.25, 0.3) is 0 Å². The predicted molar refractivity (Wildman–Crippen MR) is 66.9 cm³/mol. The maximum Gasteiger partial charge on any atom is 0.323 e. The zero-order valence-electron chi connectivity index (χ0n) is 10.8. The Balaban J connectivity index is 4.68. The monoisotopic (exact) mass is 242 g/mol. The molecule has 0 rings (SSSR count). The van der Waals surface area contributed by atoms with Gasteiger partial charge in [-0.25, -0.2) is 4.79 Å². The molecule has 0 radical (unpaired) electrons. The lowest BCUT2D eigenvalue weighted by Gasteiger charge is -2.31. The minimum Gasteiger partial charge on any atom is -0.480 e. The van der Waals surface area contributed by atoms with E-state index < -0.39 is 5.97 Å². The summed E-state index contributed by atoms with van der Waals surface area (Å²) in [5.74, 6) is -1.02. The summed E-state index contributed by atoms with van der Waals surface area (Å²) in [6.45, 7) is 7.49. The SMILES string of the molecule is C=CCN(CC(=O)O)C(=O)N(C)C(CC)CC. The molecule has 5 nitrogen and oxygen atoms in total. The summed E-state index contributed by atoms with van der Waals surface area (Å²) in [5.41, 5.74) is 0. The number of aliphatic carboxylic acids is 1. The van der Waals surface area contributed by atoms with Gasteiger partial charge in [0.25, 0.3) is 0 Å². The van der Waals surface area contributed by atoms with Crippen molar-refractivity contribution in [1.82, 2.24) is 9.80 Å². The Bertz CT molecular complexity index is 275. The lowest BCUT2D eigenvalue weighted by molar-refractivity contribution is -0.137. The lowest BCUT2D eigenvalue weighted by atomic mass is 10.1. The zero-order chi connectivity index (χ0) is 13.4. The molecule has 0 aromatic rings. The molecule has 1 N–H and O–H groups in total. The molecule has 0 aromatic carbocycles. The van der Waals surface area contributed by atoms with Gasteiger partial charge in [-0.1, -0.05) is 19.9 Å². The Morgan fingerprint density at radius 1 is 1.35 bits per heavy atom. The predicted octanol–water partition coefficient (Wildman–Crippen LogP) is 1.80. The van der Waals surface area contributed by atoms with E-state index in [-0.39, 0.29) is 25.2 Å². The fourth-order valence-corrected chi connectivity index (χ4v) is 1.75. The molecule has 98 valence electrons. The van der Waals surface area contributed by atoms with E-state index in [1.54, 1.807) is 11.9 Å². The first-order valence-corrected chi connectivity index (χ1v) is 5.82. The molecule has 17 heavy (non-hydrogen) atoms. The maximum atomic E-state index is 12.1. The van der Waals surface area contributed by atoms with Crippen LogP contribution in [-0.2, 0) is 4.79 Å². The number of carboxylic acids is 1. The summed E-state index contributed by atoms with van der Waals surface area (Å²) in [6.07, 6.45) is 3.24. The van der Waals surface area contributed by atoms with Gasteiger partial charge < -0.3 is 14.9 Å². The Morgan fingerprint density at radius 2 is 1.88 bits per heavy atom. The number of rotatable bonds is 7.